The second-order valence-corrected chi connectivity index (χ2v) is 6.22. The smallest absolute Gasteiger partial charge is 0.115 e. The molecule has 0 unspecified atom stereocenters. The molecular formula is C15H24N2O. The normalized spacial score (nSPS) is 23.9. The first-order valence-electron chi connectivity index (χ1n) is 7.43. The molecule has 2 fully saturated rings. The van der Waals surface area contributed by atoms with Crippen LogP contribution in [0.4, 0.5) is 0 Å². The lowest BCUT2D eigenvalue weighted by Crippen LogP contribution is -2.39. The van der Waals surface area contributed by atoms with Crippen molar-refractivity contribution in [3.05, 3.63) is 17.2 Å². The van der Waals surface area contributed by atoms with Crippen molar-refractivity contribution in [1.29, 1.82) is 0 Å². The molecule has 0 radical (unpaired) electrons. The van der Waals surface area contributed by atoms with Crippen LogP contribution in [0.3, 0.4) is 0 Å². The molecule has 3 nitrogen and oxygen atoms in total. The minimum atomic E-state index is -0.0440. The summed E-state index contributed by atoms with van der Waals surface area (Å²) in [5.74, 6) is 1.70. The predicted octanol–water partition coefficient (Wildman–Crippen LogP) is 3.18. The van der Waals surface area contributed by atoms with E-state index in [2.05, 4.69) is 11.9 Å². The van der Waals surface area contributed by atoms with Crippen LogP contribution in [0.1, 0.15) is 74.5 Å². The lowest BCUT2D eigenvalue weighted by Gasteiger charge is -2.38. The first kappa shape index (κ1) is 12.2. The van der Waals surface area contributed by atoms with Gasteiger partial charge in [-0.3, -0.25) is 0 Å². The predicted molar refractivity (Wildman–Crippen MR) is 71.8 cm³/mol. The number of aromatic nitrogens is 2. The summed E-state index contributed by atoms with van der Waals surface area (Å²) >= 11 is 0. The van der Waals surface area contributed by atoms with Crippen molar-refractivity contribution in [2.24, 2.45) is 0 Å². The molecule has 18 heavy (non-hydrogen) atoms. The molecule has 0 spiro atoms. The fraction of sp³-hybridized carbons (Fsp3) is 0.800. The molecule has 1 aromatic heterocycles. The van der Waals surface area contributed by atoms with E-state index in [1.54, 1.807) is 0 Å². The third-order valence-electron chi connectivity index (χ3n) is 5.03. The van der Waals surface area contributed by atoms with Gasteiger partial charge in [0.1, 0.15) is 5.82 Å². The van der Waals surface area contributed by atoms with Gasteiger partial charge in [-0.1, -0.05) is 25.7 Å². The van der Waals surface area contributed by atoms with Crippen LogP contribution in [0.25, 0.3) is 0 Å². The number of aliphatic hydroxyl groups is 1. The zero-order chi connectivity index (χ0) is 12.6. The van der Waals surface area contributed by atoms with Crippen molar-refractivity contribution in [2.75, 3.05) is 6.61 Å². The van der Waals surface area contributed by atoms with Crippen LogP contribution >= 0.6 is 0 Å². The highest BCUT2D eigenvalue weighted by molar-refractivity contribution is 5.24. The van der Waals surface area contributed by atoms with E-state index in [-0.39, 0.29) is 12.0 Å². The van der Waals surface area contributed by atoms with E-state index < -0.39 is 0 Å². The molecule has 1 aromatic rings. The maximum absolute atomic E-state index is 9.64. The topological polar surface area (TPSA) is 48.9 Å². The number of aryl methyl sites for hydroxylation is 1. The van der Waals surface area contributed by atoms with Crippen molar-refractivity contribution in [3.63, 3.8) is 0 Å². The second kappa shape index (κ2) is 4.69. The minimum absolute atomic E-state index is 0.0440. The largest absolute Gasteiger partial charge is 0.395 e. The van der Waals surface area contributed by atoms with Gasteiger partial charge in [0.25, 0.3) is 0 Å². The van der Waals surface area contributed by atoms with Crippen molar-refractivity contribution in [3.8, 4) is 0 Å². The number of imidazole rings is 1. The van der Waals surface area contributed by atoms with E-state index >= 15 is 0 Å². The van der Waals surface area contributed by atoms with Crippen LogP contribution < -0.4 is 0 Å². The van der Waals surface area contributed by atoms with E-state index in [0.717, 1.165) is 18.7 Å². The second-order valence-electron chi connectivity index (χ2n) is 6.22. The summed E-state index contributed by atoms with van der Waals surface area (Å²) in [5.41, 5.74) is 2.47. The van der Waals surface area contributed by atoms with Gasteiger partial charge in [-0.2, -0.15) is 0 Å². The third kappa shape index (κ3) is 1.89. The number of hydrogen-bond acceptors (Lipinski definition) is 2. The molecule has 2 N–H and O–H groups in total. The van der Waals surface area contributed by atoms with Gasteiger partial charge in [0.05, 0.1) is 17.7 Å². The molecule has 2 aliphatic rings. The van der Waals surface area contributed by atoms with E-state index in [4.69, 9.17) is 4.98 Å². The number of H-pyrrole nitrogens is 1. The molecule has 100 valence electrons. The van der Waals surface area contributed by atoms with Crippen LogP contribution in [0.2, 0.25) is 0 Å². The third-order valence-corrected chi connectivity index (χ3v) is 5.03. The summed E-state index contributed by atoms with van der Waals surface area (Å²) in [6.07, 6.45) is 10.0. The van der Waals surface area contributed by atoms with Crippen molar-refractivity contribution < 1.29 is 5.11 Å². The van der Waals surface area contributed by atoms with Gasteiger partial charge < -0.3 is 10.1 Å². The molecule has 1 heterocycles. The van der Waals surface area contributed by atoms with E-state index in [1.165, 1.54) is 49.9 Å². The van der Waals surface area contributed by atoms with Crippen LogP contribution in [0, 0.1) is 6.92 Å². The summed E-state index contributed by atoms with van der Waals surface area (Å²) in [6, 6.07) is 0. The lowest BCUT2D eigenvalue weighted by molar-refractivity contribution is 0.112. The van der Waals surface area contributed by atoms with E-state index in [9.17, 15) is 5.11 Å². The Kier molecular flexibility index (Phi) is 3.18. The highest BCUT2D eigenvalue weighted by atomic mass is 16.3. The Morgan fingerprint density at radius 3 is 2.50 bits per heavy atom. The van der Waals surface area contributed by atoms with Gasteiger partial charge >= 0.3 is 0 Å². The number of rotatable bonds is 3. The zero-order valence-electron chi connectivity index (χ0n) is 11.3. The first-order valence-corrected chi connectivity index (χ1v) is 7.43. The van der Waals surface area contributed by atoms with Gasteiger partial charge in [-0.25, -0.2) is 4.98 Å². The van der Waals surface area contributed by atoms with Crippen LogP contribution in [0.15, 0.2) is 0 Å². The fourth-order valence-corrected chi connectivity index (χ4v) is 3.57. The number of aromatic amines is 1. The average Bonchev–Trinajstić information content (AvgIpc) is 2.72. The number of nitrogens with zero attached hydrogens (tertiary/aromatic N) is 1. The summed E-state index contributed by atoms with van der Waals surface area (Å²) in [5, 5.41) is 9.64. The quantitative estimate of drug-likeness (QED) is 0.863. The molecule has 0 saturated heterocycles. The van der Waals surface area contributed by atoms with Gasteiger partial charge in [-0.05, 0) is 32.6 Å². The lowest BCUT2D eigenvalue weighted by atomic mass is 9.69. The average molecular weight is 248 g/mol. The summed E-state index contributed by atoms with van der Waals surface area (Å²) in [6.45, 7) is 2.38. The molecule has 2 aliphatic carbocycles. The molecule has 0 bridgehead atoms. The molecule has 0 aliphatic heterocycles. The number of aliphatic hydroxyl groups excluding tert-OH is 1. The van der Waals surface area contributed by atoms with E-state index in [0.29, 0.717) is 5.92 Å². The molecule has 3 heteroatoms. The van der Waals surface area contributed by atoms with Gasteiger partial charge in [0, 0.05) is 11.6 Å². The Hall–Kier alpha value is -0.830. The summed E-state index contributed by atoms with van der Waals surface area (Å²) in [7, 11) is 0. The van der Waals surface area contributed by atoms with E-state index in [1.807, 2.05) is 0 Å². The number of hydrogen-bond donors (Lipinski definition) is 2. The zero-order valence-corrected chi connectivity index (χ0v) is 11.3. The molecule has 0 amide bonds. The fourth-order valence-electron chi connectivity index (χ4n) is 3.57. The van der Waals surface area contributed by atoms with Crippen molar-refractivity contribution >= 4 is 0 Å². The highest BCUT2D eigenvalue weighted by Gasteiger charge is 2.41. The highest BCUT2D eigenvalue weighted by Crippen LogP contribution is 2.43. The Morgan fingerprint density at radius 2 is 1.94 bits per heavy atom. The molecule has 2 saturated carbocycles. The maximum Gasteiger partial charge on any atom is 0.115 e. The first-order chi connectivity index (χ1) is 8.75. The molecule has 0 atom stereocenters. The van der Waals surface area contributed by atoms with Crippen LogP contribution in [0.5, 0.6) is 0 Å². The van der Waals surface area contributed by atoms with Crippen LogP contribution in [-0.4, -0.2) is 21.7 Å². The van der Waals surface area contributed by atoms with Gasteiger partial charge in [0.15, 0.2) is 0 Å². The summed E-state index contributed by atoms with van der Waals surface area (Å²) < 4.78 is 0. The number of nitrogens with one attached hydrogen (secondary N) is 1. The van der Waals surface area contributed by atoms with Gasteiger partial charge in [-0.15, -0.1) is 0 Å². The molecular weight excluding hydrogens is 224 g/mol. The van der Waals surface area contributed by atoms with Crippen molar-refractivity contribution in [1.82, 2.24) is 9.97 Å². The minimum Gasteiger partial charge on any atom is -0.395 e. The Balaban J connectivity index is 1.85. The van der Waals surface area contributed by atoms with Crippen LogP contribution in [-0.2, 0) is 5.41 Å². The summed E-state index contributed by atoms with van der Waals surface area (Å²) in [4.78, 5) is 8.35. The van der Waals surface area contributed by atoms with Gasteiger partial charge in [0.2, 0.25) is 0 Å². The van der Waals surface area contributed by atoms with Crippen molar-refractivity contribution in [2.45, 2.75) is 69.6 Å². The monoisotopic (exact) mass is 248 g/mol. The SMILES string of the molecule is Cc1[nH]c(C2(CO)CCC2)nc1C1CCCCC1. The molecule has 0 aromatic carbocycles. The Bertz CT molecular complexity index is 409. The maximum atomic E-state index is 9.64. The standard InChI is InChI=1S/C15H24N2O/c1-11-13(12-6-3-2-4-7-12)17-14(16-11)15(10-18)8-5-9-15/h12,18H,2-10H2,1H3,(H,16,17). The Morgan fingerprint density at radius 1 is 1.22 bits per heavy atom. The Labute approximate surface area is 109 Å². The molecule has 3 rings (SSSR count).